The summed E-state index contributed by atoms with van der Waals surface area (Å²) in [6, 6.07) is 6.64. The van der Waals surface area contributed by atoms with E-state index in [1.807, 2.05) is 0 Å². The molecule has 0 saturated heterocycles. The molecule has 0 bridgehead atoms. The van der Waals surface area contributed by atoms with E-state index >= 15 is 0 Å². The lowest BCUT2D eigenvalue weighted by molar-refractivity contribution is 0.698. The third-order valence-corrected chi connectivity index (χ3v) is 2.40. The summed E-state index contributed by atoms with van der Waals surface area (Å²) in [4.78, 5) is 0. The molecule has 2 N–H and O–H groups in total. The van der Waals surface area contributed by atoms with Gasteiger partial charge < -0.3 is 5.73 Å². The average molecular weight is 200 g/mol. The molecule has 1 nitrogen and oxygen atoms in total. The fourth-order valence-electron chi connectivity index (χ4n) is 1.23. The summed E-state index contributed by atoms with van der Waals surface area (Å²) in [6.07, 6.45) is 1.00. The van der Waals surface area contributed by atoms with Crippen LogP contribution in [0.25, 0.3) is 0 Å². The van der Waals surface area contributed by atoms with Crippen molar-refractivity contribution in [2.24, 2.45) is 5.73 Å². The van der Waals surface area contributed by atoms with Gasteiger partial charge in [-0.05, 0) is 37.0 Å². The zero-order valence-electron chi connectivity index (χ0n) is 8.50. The molecule has 0 aliphatic carbocycles. The first-order valence-electron chi connectivity index (χ1n) is 4.48. The Kier molecular flexibility index (Phi) is 5.04. The summed E-state index contributed by atoms with van der Waals surface area (Å²) in [5, 5.41) is 0. The van der Waals surface area contributed by atoms with Gasteiger partial charge in [-0.3, -0.25) is 0 Å². The minimum atomic E-state index is 0. The minimum absolute atomic E-state index is 0. The Morgan fingerprint density at radius 2 is 1.85 bits per heavy atom. The van der Waals surface area contributed by atoms with Crippen molar-refractivity contribution in [2.45, 2.75) is 33.2 Å². The fourth-order valence-corrected chi connectivity index (χ4v) is 1.23. The monoisotopic (exact) mass is 199 g/mol. The molecule has 0 aliphatic heterocycles. The maximum Gasteiger partial charge on any atom is 0.0292 e. The van der Waals surface area contributed by atoms with E-state index in [0.717, 1.165) is 6.42 Å². The Labute approximate surface area is 86.7 Å². The largest absolute Gasteiger partial charge is 0.324 e. The third-order valence-electron chi connectivity index (χ3n) is 2.40. The van der Waals surface area contributed by atoms with Gasteiger partial charge in [0.05, 0.1) is 0 Å². The minimum Gasteiger partial charge on any atom is -0.324 e. The summed E-state index contributed by atoms with van der Waals surface area (Å²) in [5.74, 6) is 0. The number of aryl methyl sites for hydroxylation is 2. The Morgan fingerprint density at radius 1 is 1.23 bits per heavy atom. The number of benzene rings is 1. The van der Waals surface area contributed by atoms with Crippen molar-refractivity contribution in [1.29, 1.82) is 0 Å². The molecule has 74 valence electrons. The quantitative estimate of drug-likeness (QED) is 0.778. The van der Waals surface area contributed by atoms with Crippen molar-refractivity contribution in [3.05, 3.63) is 34.9 Å². The molecule has 0 spiro atoms. The van der Waals surface area contributed by atoms with Crippen molar-refractivity contribution >= 4 is 12.4 Å². The van der Waals surface area contributed by atoms with Crippen LogP contribution >= 0.6 is 12.4 Å². The molecule has 0 aromatic heterocycles. The molecule has 0 aliphatic rings. The van der Waals surface area contributed by atoms with Crippen LogP contribution in [0.15, 0.2) is 18.2 Å². The molecule has 1 aromatic carbocycles. The van der Waals surface area contributed by atoms with Crippen LogP contribution < -0.4 is 5.73 Å². The SMILES string of the molecule is CC[C@@H](N)c1ccc(C)c(C)c1.Cl. The lowest BCUT2D eigenvalue weighted by atomic mass is 10.0. The topological polar surface area (TPSA) is 26.0 Å². The molecule has 0 fully saturated rings. The molecule has 1 atom stereocenters. The number of hydrogen-bond donors (Lipinski definition) is 1. The van der Waals surface area contributed by atoms with Gasteiger partial charge in [-0.2, -0.15) is 0 Å². The van der Waals surface area contributed by atoms with E-state index in [-0.39, 0.29) is 18.4 Å². The summed E-state index contributed by atoms with van der Waals surface area (Å²) < 4.78 is 0. The second-order valence-corrected chi connectivity index (χ2v) is 3.36. The van der Waals surface area contributed by atoms with Crippen LogP contribution in [-0.2, 0) is 0 Å². The lowest BCUT2D eigenvalue weighted by Gasteiger charge is -2.10. The second-order valence-electron chi connectivity index (χ2n) is 3.36. The molecule has 0 radical (unpaired) electrons. The normalized spacial score (nSPS) is 12.0. The molecule has 1 aromatic rings. The Balaban J connectivity index is 0.00000144. The smallest absolute Gasteiger partial charge is 0.0292 e. The van der Waals surface area contributed by atoms with E-state index in [1.54, 1.807) is 0 Å². The average Bonchev–Trinajstić information content (AvgIpc) is 2.08. The standard InChI is InChI=1S/C11H17N.ClH/c1-4-11(12)10-6-5-8(2)9(3)7-10;/h5-7,11H,4,12H2,1-3H3;1H/t11-;/m1./s1. The summed E-state index contributed by atoms with van der Waals surface area (Å²) >= 11 is 0. The van der Waals surface area contributed by atoms with Crippen LogP contribution in [0.5, 0.6) is 0 Å². The van der Waals surface area contributed by atoms with Crippen molar-refractivity contribution in [3.63, 3.8) is 0 Å². The number of hydrogen-bond acceptors (Lipinski definition) is 1. The molecule has 0 amide bonds. The first-order chi connectivity index (χ1) is 5.65. The van der Waals surface area contributed by atoms with Crippen molar-refractivity contribution < 1.29 is 0 Å². The van der Waals surface area contributed by atoms with Crippen molar-refractivity contribution in [1.82, 2.24) is 0 Å². The van der Waals surface area contributed by atoms with Crippen LogP contribution in [0.2, 0.25) is 0 Å². The van der Waals surface area contributed by atoms with Gasteiger partial charge in [0.25, 0.3) is 0 Å². The predicted molar refractivity (Wildman–Crippen MR) is 60.4 cm³/mol. The van der Waals surface area contributed by atoms with Crippen molar-refractivity contribution in [2.75, 3.05) is 0 Å². The first-order valence-corrected chi connectivity index (χ1v) is 4.48. The second kappa shape index (κ2) is 5.25. The summed E-state index contributed by atoms with van der Waals surface area (Å²) in [7, 11) is 0. The van der Waals surface area contributed by atoms with Crippen LogP contribution in [0.4, 0.5) is 0 Å². The molecule has 0 heterocycles. The van der Waals surface area contributed by atoms with E-state index in [4.69, 9.17) is 5.73 Å². The zero-order chi connectivity index (χ0) is 9.14. The van der Waals surface area contributed by atoms with Crippen molar-refractivity contribution in [3.8, 4) is 0 Å². The van der Waals surface area contributed by atoms with Gasteiger partial charge in [-0.15, -0.1) is 12.4 Å². The van der Waals surface area contributed by atoms with E-state index in [2.05, 4.69) is 39.0 Å². The van der Waals surface area contributed by atoms with E-state index in [0.29, 0.717) is 0 Å². The van der Waals surface area contributed by atoms with Gasteiger partial charge in [-0.1, -0.05) is 25.1 Å². The van der Waals surface area contributed by atoms with Gasteiger partial charge in [-0.25, -0.2) is 0 Å². The van der Waals surface area contributed by atoms with Gasteiger partial charge in [0.1, 0.15) is 0 Å². The van der Waals surface area contributed by atoms with Crippen LogP contribution in [0.1, 0.15) is 36.1 Å². The number of rotatable bonds is 2. The maximum atomic E-state index is 5.91. The molecular formula is C11H18ClN. The number of halogens is 1. The zero-order valence-corrected chi connectivity index (χ0v) is 9.32. The third kappa shape index (κ3) is 3.02. The highest BCUT2D eigenvalue weighted by atomic mass is 35.5. The molecular weight excluding hydrogens is 182 g/mol. The van der Waals surface area contributed by atoms with E-state index in [1.165, 1.54) is 16.7 Å². The molecule has 1 rings (SSSR count). The molecule has 13 heavy (non-hydrogen) atoms. The number of nitrogens with two attached hydrogens (primary N) is 1. The van der Waals surface area contributed by atoms with Crippen LogP contribution in [-0.4, -0.2) is 0 Å². The van der Waals surface area contributed by atoms with Crippen LogP contribution in [0, 0.1) is 13.8 Å². The molecule has 0 unspecified atom stereocenters. The van der Waals surface area contributed by atoms with E-state index in [9.17, 15) is 0 Å². The highest BCUT2D eigenvalue weighted by Crippen LogP contribution is 2.17. The summed E-state index contributed by atoms with van der Waals surface area (Å²) in [6.45, 7) is 6.36. The van der Waals surface area contributed by atoms with E-state index < -0.39 is 0 Å². The van der Waals surface area contributed by atoms with Crippen LogP contribution in [0.3, 0.4) is 0 Å². The van der Waals surface area contributed by atoms with Gasteiger partial charge >= 0.3 is 0 Å². The molecule has 0 saturated carbocycles. The maximum absolute atomic E-state index is 5.91. The van der Waals surface area contributed by atoms with Gasteiger partial charge in [0.15, 0.2) is 0 Å². The lowest BCUT2D eigenvalue weighted by Crippen LogP contribution is -2.08. The Bertz CT molecular complexity index is 271. The molecule has 2 heteroatoms. The first kappa shape index (κ1) is 12.5. The highest BCUT2D eigenvalue weighted by Gasteiger charge is 2.03. The van der Waals surface area contributed by atoms with Gasteiger partial charge in [0, 0.05) is 6.04 Å². The Hall–Kier alpha value is -0.530. The predicted octanol–water partition coefficient (Wildman–Crippen LogP) is 3.14. The van der Waals surface area contributed by atoms with Gasteiger partial charge in [0.2, 0.25) is 0 Å². The highest BCUT2D eigenvalue weighted by molar-refractivity contribution is 5.85. The fraction of sp³-hybridized carbons (Fsp3) is 0.455. The summed E-state index contributed by atoms with van der Waals surface area (Å²) in [5.41, 5.74) is 9.83. The Morgan fingerprint density at radius 3 is 2.31 bits per heavy atom.